The first-order valence-corrected chi connectivity index (χ1v) is 6.70. The number of carbonyl (C=O) groups is 1. The molecule has 1 amide bonds. The van der Waals surface area contributed by atoms with Gasteiger partial charge < -0.3 is 16.0 Å². The van der Waals surface area contributed by atoms with Gasteiger partial charge in [-0.1, -0.05) is 6.92 Å². The number of hydrogen-bond acceptors (Lipinski definition) is 5. The van der Waals surface area contributed by atoms with Crippen LogP contribution in [-0.2, 0) is 4.79 Å². The molecule has 6 heteroatoms. The lowest BCUT2D eigenvalue weighted by Gasteiger charge is -2.16. The molecule has 0 aliphatic heterocycles. The van der Waals surface area contributed by atoms with Gasteiger partial charge in [-0.2, -0.15) is 4.98 Å². The van der Waals surface area contributed by atoms with E-state index in [-0.39, 0.29) is 11.9 Å². The van der Waals surface area contributed by atoms with Crippen molar-refractivity contribution in [3.8, 4) is 0 Å². The first-order chi connectivity index (χ1) is 9.08. The summed E-state index contributed by atoms with van der Waals surface area (Å²) in [5.74, 6) is 1.23. The highest BCUT2D eigenvalue weighted by molar-refractivity contribution is 5.84. The van der Waals surface area contributed by atoms with Crippen molar-refractivity contribution in [3.63, 3.8) is 0 Å². The molecular formula is C13H23N5O. The number of amides is 1. The molecule has 0 aliphatic rings. The summed E-state index contributed by atoms with van der Waals surface area (Å²) in [5.41, 5.74) is 0.914. The van der Waals surface area contributed by atoms with Gasteiger partial charge in [0.1, 0.15) is 11.9 Å². The second kappa shape index (κ2) is 7.56. The molecule has 0 saturated heterocycles. The Hall–Kier alpha value is -1.85. The monoisotopic (exact) mass is 265 g/mol. The van der Waals surface area contributed by atoms with Crippen molar-refractivity contribution in [2.24, 2.45) is 0 Å². The maximum atomic E-state index is 11.8. The van der Waals surface area contributed by atoms with Crippen LogP contribution in [0.4, 0.5) is 11.8 Å². The molecular weight excluding hydrogens is 242 g/mol. The molecule has 106 valence electrons. The Kier molecular flexibility index (Phi) is 6.05. The molecule has 3 N–H and O–H groups in total. The summed E-state index contributed by atoms with van der Waals surface area (Å²) in [6, 6.07) is -0.324. The Morgan fingerprint density at radius 2 is 2.16 bits per heavy atom. The summed E-state index contributed by atoms with van der Waals surface area (Å²) >= 11 is 0. The largest absolute Gasteiger partial charge is 0.358 e. The molecule has 1 atom stereocenters. The molecule has 1 rings (SSSR count). The van der Waals surface area contributed by atoms with Crippen LogP contribution in [0, 0.1) is 6.92 Å². The zero-order chi connectivity index (χ0) is 14.3. The molecule has 1 heterocycles. The van der Waals surface area contributed by atoms with E-state index in [9.17, 15) is 4.79 Å². The van der Waals surface area contributed by atoms with Gasteiger partial charge in [-0.15, -0.1) is 0 Å². The fourth-order valence-electron chi connectivity index (χ4n) is 1.50. The Morgan fingerprint density at radius 1 is 1.42 bits per heavy atom. The molecule has 1 aromatic rings. The number of anilines is 2. The minimum absolute atomic E-state index is 0.0233. The Morgan fingerprint density at radius 3 is 2.79 bits per heavy atom. The summed E-state index contributed by atoms with van der Waals surface area (Å²) in [4.78, 5) is 20.3. The van der Waals surface area contributed by atoms with E-state index in [0.717, 1.165) is 18.5 Å². The van der Waals surface area contributed by atoms with Crippen LogP contribution in [0.3, 0.4) is 0 Å². The van der Waals surface area contributed by atoms with Crippen LogP contribution in [0.25, 0.3) is 0 Å². The van der Waals surface area contributed by atoms with Gasteiger partial charge in [0.15, 0.2) is 0 Å². The van der Waals surface area contributed by atoms with Gasteiger partial charge in [-0.05, 0) is 27.2 Å². The van der Waals surface area contributed by atoms with Crippen LogP contribution < -0.4 is 16.0 Å². The van der Waals surface area contributed by atoms with Crippen LogP contribution in [0.2, 0.25) is 0 Å². The summed E-state index contributed by atoms with van der Waals surface area (Å²) in [6.07, 6.45) is 2.67. The van der Waals surface area contributed by atoms with Crippen molar-refractivity contribution in [2.75, 3.05) is 23.7 Å². The maximum absolute atomic E-state index is 11.8. The lowest BCUT2D eigenvalue weighted by Crippen LogP contribution is -2.38. The van der Waals surface area contributed by atoms with Gasteiger partial charge >= 0.3 is 0 Å². The number of rotatable bonds is 7. The van der Waals surface area contributed by atoms with Crippen molar-refractivity contribution in [2.45, 2.75) is 40.2 Å². The number of nitrogens with zero attached hydrogens (tertiary/aromatic N) is 2. The fourth-order valence-corrected chi connectivity index (χ4v) is 1.50. The highest BCUT2D eigenvalue weighted by atomic mass is 16.2. The van der Waals surface area contributed by atoms with E-state index in [1.807, 2.05) is 27.7 Å². The molecule has 0 aliphatic carbocycles. The normalized spacial score (nSPS) is 11.8. The molecule has 6 nitrogen and oxygen atoms in total. The lowest BCUT2D eigenvalue weighted by atomic mass is 10.2. The minimum atomic E-state index is -0.324. The molecule has 0 spiro atoms. The zero-order valence-corrected chi connectivity index (χ0v) is 12.1. The van der Waals surface area contributed by atoms with E-state index in [0.29, 0.717) is 18.3 Å². The van der Waals surface area contributed by atoms with Crippen LogP contribution in [0.15, 0.2) is 6.20 Å². The van der Waals surface area contributed by atoms with E-state index >= 15 is 0 Å². The summed E-state index contributed by atoms with van der Waals surface area (Å²) in [7, 11) is 0. The van der Waals surface area contributed by atoms with Gasteiger partial charge in [0.2, 0.25) is 11.9 Å². The lowest BCUT2D eigenvalue weighted by molar-refractivity contribution is -0.121. The highest BCUT2D eigenvalue weighted by Gasteiger charge is 2.14. The van der Waals surface area contributed by atoms with Gasteiger partial charge in [-0.3, -0.25) is 4.79 Å². The molecule has 19 heavy (non-hydrogen) atoms. The van der Waals surface area contributed by atoms with E-state index in [1.165, 1.54) is 0 Å². The average Bonchev–Trinajstić information content (AvgIpc) is 2.40. The third-order valence-corrected chi connectivity index (χ3v) is 2.60. The predicted octanol–water partition coefficient (Wildman–Crippen LogP) is 1.54. The fraction of sp³-hybridized carbons (Fsp3) is 0.615. The van der Waals surface area contributed by atoms with Crippen molar-refractivity contribution < 1.29 is 4.79 Å². The van der Waals surface area contributed by atoms with Gasteiger partial charge in [0.05, 0.1) is 0 Å². The molecule has 0 bridgehead atoms. The smallest absolute Gasteiger partial charge is 0.242 e. The van der Waals surface area contributed by atoms with Crippen LogP contribution in [0.5, 0.6) is 0 Å². The Labute approximate surface area is 114 Å². The number of hydrogen-bond donors (Lipinski definition) is 3. The first-order valence-electron chi connectivity index (χ1n) is 6.70. The zero-order valence-electron chi connectivity index (χ0n) is 12.1. The van der Waals surface area contributed by atoms with Gasteiger partial charge in [-0.25, -0.2) is 4.98 Å². The third-order valence-electron chi connectivity index (χ3n) is 2.60. The molecule has 0 fully saturated rings. The molecule has 0 aromatic carbocycles. The first kappa shape index (κ1) is 15.2. The molecule has 1 unspecified atom stereocenters. The van der Waals surface area contributed by atoms with Crippen LogP contribution in [0.1, 0.15) is 32.8 Å². The summed E-state index contributed by atoms with van der Waals surface area (Å²) in [5, 5.41) is 9.01. The highest BCUT2D eigenvalue weighted by Crippen LogP contribution is 2.13. The molecule has 0 saturated carbocycles. The van der Waals surface area contributed by atoms with Gasteiger partial charge in [0, 0.05) is 24.8 Å². The van der Waals surface area contributed by atoms with E-state index in [2.05, 4.69) is 25.9 Å². The topological polar surface area (TPSA) is 78.9 Å². The predicted molar refractivity (Wildman–Crippen MR) is 77.3 cm³/mol. The second-order valence-electron chi connectivity index (χ2n) is 4.41. The minimum Gasteiger partial charge on any atom is -0.358 e. The van der Waals surface area contributed by atoms with Crippen molar-refractivity contribution >= 4 is 17.7 Å². The number of aromatic nitrogens is 2. The number of carbonyl (C=O) groups excluding carboxylic acids is 1. The molecule has 1 aromatic heterocycles. The van der Waals surface area contributed by atoms with Gasteiger partial charge in [0.25, 0.3) is 0 Å². The molecule has 0 radical (unpaired) electrons. The van der Waals surface area contributed by atoms with Crippen molar-refractivity contribution in [3.05, 3.63) is 11.8 Å². The Balaban J connectivity index is 2.69. The number of nitrogens with one attached hydrogen (secondary N) is 3. The Bertz CT molecular complexity index is 421. The van der Waals surface area contributed by atoms with E-state index in [4.69, 9.17) is 0 Å². The third kappa shape index (κ3) is 4.73. The van der Waals surface area contributed by atoms with Crippen molar-refractivity contribution in [1.29, 1.82) is 0 Å². The maximum Gasteiger partial charge on any atom is 0.242 e. The number of aryl methyl sites for hydroxylation is 1. The van der Waals surface area contributed by atoms with Crippen LogP contribution in [-0.4, -0.2) is 35.0 Å². The van der Waals surface area contributed by atoms with Crippen LogP contribution >= 0.6 is 0 Å². The second-order valence-corrected chi connectivity index (χ2v) is 4.41. The summed E-state index contributed by atoms with van der Waals surface area (Å²) in [6.45, 7) is 9.19. The SMILES string of the molecule is CCCNC(=O)C(C)Nc1nc(NCC)ncc1C. The average molecular weight is 265 g/mol. The van der Waals surface area contributed by atoms with Crippen molar-refractivity contribution in [1.82, 2.24) is 15.3 Å². The standard InChI is InChI=1S/C13H23N5O/c1-5-7-15-12(19)10(4)17-11-9(3)8-16-13(18-11)14-6-2/h8,10H,5-7H2,1-4H3,(H,15,19)(H2,14,16,17,18). The summed E-state index contributed by atoms with van der Waals surface area (Å²) < 4.78 is 0. The van der Waals surface area contributed by atoms with E-state index < -0.39 is 0 Å². The quantitative estimate of drug-likeness (QED) is 0.697. The van der Waals surface area contributed by atoms with E-state index in [1.54, 1.807) is 6.20 Å².